The predicted molar refractivity (Wildman–Crippen MR) is 91.9 cm³/mol. The lowest BCUT2D eigenvalue weighted by Gasteiger charge is -2.22. The second-order valence-electron chi connectivity index (χ2n) is 5.73. The van der Waals surface area contributed by atoms with Crippen LogP contribution in [0.2, 0.25) is 0 Å². The Hall–Kier alpha value is -1.70. The molecule has 124 valence electrons. The molecule has 2 aromatic rings. The number of benzene rings is 1. The topological polar surface area (TPSA) is 89.3 Å². The minimum Gasteiger partial charge on any atom is -0.344 e. The second-order valence-corrected chi connectivity index (χ2v) is 8.27. The number of nitrogens with two attached hydrogens (primary N) is 1. The minimum absolute atomic E-state index is 0.0644. The molecular weight excluding hydrogens is 332 g/mol. The van der Waals surface area contributed by atoms with Crippen LogP contribution in [0.25, 0.3) is 0 Å². The van der Waals surface area contributed by atoms with Crippen molar-refractivity contribution in [1.29, 1.82) is 0 Å². The van der Waals surface area contributed by atoms with Crippen molar-refractivity contribution in [2.75, 3.05) is 0 Å². The monoisotopic (exact) mass is 352 g/mol. The van der Waals surface area contributed by atoms with Crippen LogP contribution in [0, 0.1) is 12.8 Å². The number of hydrogen-bond acceptors (Lipinski definition) is 4. The molecule has 0 aliphatic carbocycles. The Kier molecular flexibility index (Phi) is 5.23. The Labute approximate surface area is 140 Å². The number of carbonyl (C=O) groups excluding carboxylic acids is 1. The van der Waals surface area contributed by atoms with Gasteiger partial charge in [-0.05, 0) is 42.0 Å². The summed E-state index contributed by atoms with van der Waals surface area (Å²) in [6, 6.07) is 8.11. The fourth-order valence-corrected chi connectivity index (χ4v) is 3.77. The highest BCUT2D eigenvalue weighted by Gasteiger charge is 2.22. The Bertz CT molecular complexity index is 797. The summed E-state index contributed by atoms with van der Waals surface area (Å²) in [5.41, 5.74) is 1.02. The number of hydrogen-bond donors (Lipinski definition) is 2. The molecule has 0 saturated heterocycles. The van der Waals surface area contributed by atoms with E-state index in [0.717, 1.165) is 4.88 Å². The lowest BCUT2D eigenvalue weighted by atomic mass is 10.0. The van der Waals surface area contributed by atoms with E-state index in [-0.39, 0.29) is 22.8 Å². The van der Waals surface area contributed by atoms with Crippen molar-refractivity contribution in [1.82, 2.24) is 5.32 Å². The van der Waals surface area contributed by atoms with Gasteiger partial charge in [0.15, 0.2) is 0 Å². The minimum atomic E-state index is -3.84. The molecule has 5 nitrogen and oxygen atoms in total. The summed E-state index contributed by atoms with van der Waals surface area (Å²) in [6.45, 7) is 5.81. The van der Waals surface area contributed by atoms with Crippen LogP contribution in [0.5, 0.6) is 0 Å². The molecule has 0 saturated carbocycles. The molecule has 1 unspecified atom stereocenters. The summed E-state index contributed by atoms with van der Waals surface area (Å²) in [6.07, 6.45) is 0. The number of aryl methyl sites for hydroxylation is 1. The van der Waals surface area contributed by atoms with Crippen LogP contribution in [-0.4, -0.2) is 14.3 Å². The first kappa shape index (κ1) is 17.7. The first-order valence-electron chi connectivity index (χ1n) is 7.18. The van der Waals surface area contributed by atoms with E-state index in [1.807, 2.05) is 31.4 Å². The highest BCUT2D eigenvalue weighted by atomic mass is 32.2. The molecule has 1 amide bonds. The number of amides is 1. The molecule has 2 rings (SSSR count). The Balaban J connectivity index is 2.33. The smallest absolute Gasteiger partial charge is 0.252 e. The molecule has 0 bridgehead atoms. The van der Waals surface area contributed by atoms with Crippen molar-refractivity contribution >= 4 is 27.3 Å². The van der Waals surface area contributed by atoms with Crippen LogP contribution in [-0.2, 0) is 10.0 Å². The molecule has 1 atom stereocenters. The number of nitrogens with one attached hydrogen (secondary N) is 1. The number of primary sulfonamides is 1. The Morgan fingerprint density at radius 3 is 2.48 bits per heavy atom. The van der Waals surface area contributed by atoms with Gasteiger partial charge in [0, 0.05) is 10.4 Å². The number of sulfonamides is 1. The van der Waals surface area contributed by atoms with E-state index in [2.05, 4.69) is 5.32 Å². The highest BCUT2D eigenvalue weighted by molar-refractivity contribution is 7.89. The molecule has 0 aliphatic rings. The summed E-state index contributed by atoms with van der Waals surface area (Å²) in [5.74, 6) is -0.0978. The average Bonchev–Trinajstić information content (AvgIpc) is 2.97. The zero-order chi connectivity index (χ0) is 17.2. The van der Waals surface area contributed by atoms with E-state index in [4.69, 9.17) is 5.14 Å². The zero-order valence-electron chi connectivity index (χ0n) is 13.2. The normalized spacial score (nSPS) is 13.1. The van der Waals surface area contributed by atoms with Crippen molar-refractivity contribution in [2.24, 2.45) is 11.1 Å². The first-order valence-corrected chi connectivity index (χ1v) is 9.60. The van der Waals surface area contributed by atoms with Gasteiger partial charge in [-0.2, -0.15) is 0 Å². The van der Waals surface area contributed by atoms with Crippen LogP contribution in [0.1, 0.15) is 40.7 Å². The van der Waals surface area contributed by atoms with E-state index in [0.29, 0.717) is 11.1 Å². The van der Waals surface area contributed by atoms with Crippen LogP contribution < -0.4 is 10.5 Å². The fourth-order valence-electron chi connectivity index (χ4n) is 2.28. The standard InChI is InChI=1S/C16H20N2O3S2/c1-10(2)15(14-5-4-8-22-14)18-16(19)13-9-12(23(17,20)21)7-6-11(13)3/h4-10,15H,1-3H3,(H,18,19)(H2,17,20,21). The maximum atomic E-state index is 12.6. The van der Waals surface area contributed by atoms with Gasteiger partial charge in [0.1, 0.15) is 0 Å². The lowest BCUT2D eigenvalue weighted by Crippen LogP contribution is -2.31. The third kappa shape index (κ3) is 4.19. The van der Waals surface area contributed by atoms with Crippen LogP contribution in [0.3, 0.4) is 0 Å². The van der Waals surface area contributed by atoms with Gasteiger partial charge in [-0.3, -0.25) is 4.79 Å². The predicted octanol–water partition coefficient (Wildman–Crippen LogP) is 2.83. The number of thiophene rings is 1. The molecule has 1 heterocycles. The summed E-state index contributed by atoms with van der Waals surface area (Å²) in [5, 5.41) is 10.1. The van der Waals surface area contributed by atoms with Gasteiger partial charge < -0.3 is 5.32 Å². The molecule has 1 aromatic heterocycles. The van der Waals surface area contributed by atoms with E-state index < -0.39 is 10.0 Å². The largest absolute Gasteiger partial charge is 0.344 e. The summed E-state index contributed by atoms with van der Waals surface area (Å²) in [4.78, 5) is 13.6. The fraction of sp³-hybridized carbons (Fsp3) is 0.312. The van der Waals surface area contributed by atoms with Gasteiger partial charge in [-0.1, -0.05) is 26.0 Å². The van der Waals surface area contributed by atoms with Crippen LogP contribution >= 0.6 is 11.3 Å². The average molecular weight is 352 g/mol. The van der Waals surface area contributed by atoms with Crippen molar-refractivity contribution in [2.45, 2.75) is 31.7 Å². The van der Waals surface area contributed by atoms with Crippen LogP contribution in [0.4, 0.5) is 0 Å². The van der Waals surface area contributed by atoms with Crippen molar-refractivity contribution < 1.29 is 13.2 Å². The maximum Gasteiger partial charge on any atom is 0.252 e. The zero-order valence-corrected chi connectivity index (χ0v) is 14.9. The van der Waals surface area contributed by atoms with E-state index in [1.165, 1.54) is 12.1 Å². The Morgan fingerprint density at radius 2 is 1.96 bits per heavy atom. The van der Waals surface area contributed by atoms with Gasteiger partial charge in [-0.15, -0.1) is 11.3 Å². The molecule has 0 fully saturated rings. The van der Waals surface area contributed by atoms with Crippen molar-refractivity contribution in [3.05, 3.63) is 51.7 Å². The number of carbonyl (C=O) groups is 1. The molecule has 7 heteroatoms. The summed E-state index contributed by atoms with van der Waals surface area (Å²) >= 11 is 1.58. The molecule has 3 N–H and O–H groups in total. The molecular formula is C16H20N2O3S2. The summed E-state index contributed by atoms with van der Waals surface area (Å²) < 4.78 is 23.0. The molecule has 1 aromatic carbocycles. The molecule has 23 heavy (non-hydrogen) atoms. The van der Waals surface area contributed by atoms with E-state index in [1.54, 1.807) is 24.3 Å². The number of rotatable bonds is 5. The molecule has 0 radical (unpaired) electrons. The molecule has 0 spiro atoms. The van der Waals surface area contributed by atoms with Gasteiger partial charge in [0.25, 0.3) is 5.91 Å². The summed E-state index contributed by atoms with van der Waals surface area (Å²) in [7, 11) is -3.84. The van der Waals surface area contributed by atoms with Crippen LogP contribution in [0.15, 0.2) is 40.6 Å². The second kappa shape index (κ2) is 6.82. The maximum absolute atomic E-state index is 12.6. The SMILES string of the molecule is Cc1ccc(S(N)(=O)=O)cc1C(=O)NC(c1cccs1)C(C)C. The third-order valence-electron chi connectivity index (χ3n) is 3.59. The van der Waals surface area contributed by atoms with E-state index in [9.17, 15) is 13.2 Å². The quantitative estimate of drug-likeness (QED) is 0.867. The van der Waals surface area contributed by atoms with Gasteiger partial charge in [-0.25, -0.2) is 13.6 Å². The van der Waals surface area contributed by atoms with Crippen molar-refractivity contribution in [3.8, 4) is 0 Å². The third-order valence-corrected chi connectivity index (χ3v) is 5.45. The van der Waals surface area contributed by atoms with E-state index >= 15 is 0 Å². The van der Waals surface area contributed by atoms with Gasteiger partial charge in [0.05, 0.1) is 10.9 Å². The van der Waals surface area contributed by atoms with Crippen molar-refractivity contribution in [3.63, 3.8) is 0 Å². The van der Waals surface area contributed by atoms with Gasteiger partial charge in [0.2, 0.25) is 10.0 Å². The lowest BCUT2D eigenvalue weighted by molar-refractivity contribution is 0.0925. The molecule has 0 aliphatic heterocycles. The Morgan fingerprint density at radius 1 is 1.26 bits per heavy atom. The highest BCUT2D eigenvalue weighted by Crippen LogP contribution is 2.26. The first-order chi connectivity index (χ1) is 10.7. The van der Waals surface area contributed by atoms with Gasteiger partial charge >= 0.3 is 0 Å².